The van der Waals surface area contributed by atoms with Crippen molar-refractivity contribution in [1.29, 1.82) is 0 Å². The van der Waals surface area contributed by atoms with E-state index in [1.54, 1.807) is 0 Å². The molecule has 2 aromatic carbocycles. The maximum Gasteiger partial charge on any atom is 0.411 e. The molecule has 8 rings (SSSR count). The predicted octanol–water partition coefficient (Wildman–Crippen LogP) is 3.71. The van der Waals surface area contributed by atoms with E-state index in [4.69, 9.17) is 5.11 Å². The van der Waals surface area contributed by atoms with Gasteiger partial charge in [0.2, 0.25) is 10.0 Å². The Balaban J connectivity index is 0.000000236. The lowest BCUT2D eigenvalue weighted by Crippen LogP contribution is -2.50. The van der Waals surface area contributed by atoms with E-state index < -0.39 is 16.1 Å². The lowest BCUT2D eigenvalue weighted by molar-refractivity contribution is -0.124. The van der Waals surface area contributed by atoms with Crippen LogP contribution in [0.25, 0.3) is 0 Å². The number of rotatable bonds is 5. The van der Waals surface area contributed by atoms with Gasteiger partial charge in [-0.1, -0.05) is 12.1 Å². The van der Waals surface area contributed by atoms with Crippen LogP contribution in [0, 0.1) is 17.8 Å². The number of aliphatic hydroxyl groups excluding tert-OH is 1. The van der Waals surface area contributed by atoms with Crippen LogP contribution in [0.5, 0.6) is 0 Å². The van der Waals surface area contributed by atoms with Gasteiger partial charge in [0.25, 0.3) is 0 Å². The summed E-state index contributed by atoms with van der Waals surface area (Å²) in [6, 6.07) is 15.5. The fourth-order valence-electron chi connectivity index (χ4n) is 8.21. The highest BCUT2D eigenvalue weighted by Gasteiger charge is 2.49. The third-order valence-corrected chi connectivity index (χ3v) is 11.6. The number of amides is 1. The minimum Gasteiger partial charge on any atom is -0.465 e. The minimum atomic E-state index is -3.40. The number of para-hydroxylation sites is 2. The Morgan fingerprint density at radius 2 is 1.33 bits per heavy atom. The van der Waals surface area contributed by atoms with Crippen LogP contribution in [0.4, 0.5) is 27.5 Å². The molecule has 42 heavy (non-hydrogen) atoms. The molecule has 5 fully saturated rings. The molecule has 1 amide bonds. The molecule has 0 unspecified atom stereocenters. The van der Waals surface area contributed by atoms with E-state index in [0.29, 0.717) is 45.0 Å². The number of piperazine rings is 1. The molecule has 2 aromatic rings. The first-order valence-electron chi connectivity index (χ1n) is 15.2. The summed E-state index contributed by atoms with van der Waals surface area (Å²) in [7, 11) is -3.40. The molecule has 0 radical (unpaired) electrons. The number of nitrogens with zero attached hydrogens (tertiary/aromatic N) is 4. The van der Waals surface area contributed by atoms with E-state index in [9.17, 15) is 23.4 Å². The van der Waals surface area contributed by atoms with Crippen LogP contribution >= 0.6 is 0 Å². The highest BCUT2D eigenvalue weighted by molar-refractivity contribution is 7.89. The Hall–Kier alpha value is -2.86. The van der Waals surface area contributed by atoms with Crippen molar-refractivity contribution in [3.63, 3.8) is 0 Å². The molecule has 0 spiro atoms. The van der Waals surface area contributed by atoms with Crippen molar-refractivity contribution >= 4 is 38.9 Å². The predicted molar refractivity (Wildman–Crippen MR) is 163 cm³/mol. The average Bonchev–Trinajstić information content (AvgIpc) is 2.96. The van der Waals surface area contributed by atoms with Gasteiger partial charge in [0.1, 0.15) is 0 Å². The molecule has 0 aromatic heterocycles. The molecule has 6 aliphatic rings. The van der Waals surface area contributed by atoms with Crippen LogP contribution in [-0.4, -0.2) is 91.4 Å². The maximum atomic E-state index is 12.1. The molecular formula is C31H42N4O6S. The Kier molecular flexibility index (Phi) is 8.12. The summed E-state index contributed by atoms with van der Waals surface area (Å²) < 4.78 is 25.7. The zero-order valence-electron chi connectivity index (χ0n) is 24.0. The Bertz CT molecular complexity index is 1340. The topological polar surface area (TPSA) is 125 Å². The average molecular weight is 599 g/mol. The highest BCUT2D eigenvalue weighted by atomic mass is 32.2. The summed E-state index contributed by atoms with van der Waals surface area (Å²) in [5.74, 6) is 2.45. The Labute approximate surface area is 248 Å². The summed E-state index contributed by atoms with van der Waals surface area (Å²) in [6.45, 7) is 2.55. The lowest BCUT2D eigenvalue weighted by atomic mass is 9.54. The van der Waals surface area contributed by atoms with Crippen molar-refractivity contribution < 1.29 is 28.5 Å². The number of benzene rings is 2. The van der Waals surface area contributed by atoms with Gasteiger partial charge in [-0.2, -0.15) is 4.31 Å². The molecule has 2 aliphatic heterocycles. The van der Waals surface area contributed by atoms with E-state index in [-0.39, 0.29) is 18.0 Å². The van der Waals surface area contributed by atoms with Gasteiger partial charge in [-0.15, -0.1) is 0 Å². The number of hydrogen-bond acceptors (Lipinski definition) is 7. The number of hydrogen-bond donors (Lipinski definition) is 3. The van der Waals surface area contributed by atoms with Crippen molar-refractivity contribution in [3.8, 4) is 0 Å². The van der Waals surface area contributed by atoms with Crippen LogP contribution in [0.15, 0.2) is 48.5 Å². The quantitative estimate of drug-likeness (QED) is 0.476. The molecule has 4 aliphatic carbocycles. The molecule has 0 atom stereocenters. The second kappa shape index (κ2) is 11.7. The van der Waals surface area contributed by atoms with Crippen molar-refractivity contribution in [2.75, 3.05) is 66.3 Å². The maximum absolute atomic E-state index is 12.1. The van der Waals surface area contributed by atoms with E-state index in [1.165, 1.54) is 28.5 Å². The van der Waals surface area contributed by atoms with Crippen molar-refractivity contribution in [3.05, 3.63) is 48.5 Å². The van der Waals surface area contributed by atoms with Gasteiger partial charge in [-0.05, 0) is 92.7 Å². The van der Waals surface area contributed by atoms with Gasteiger partial charge >= 0.3 is 6.09 Å². The van der Waals surface area contributed by atoms with Gasteiger partial charge in [0.05, 0.1) is 29.3 Å². The molecule has 4 bridgehead atoms. The second-order valence-electron chi connectivity index (χ2n) is 12.7. The zero-order valence-corrected chi connectivity index (χ0v) is 24.8. The third-order valence-electron chi connectivity index (χ3n) is 9.76. The van der Waals surface area contributed by atoms with Crippen LogP contribution in [0.1, 0.15) is 38.5 Å². The highest BCUT2D eigenvalue weighted by Crippen LogP contribution is 2.55. The molecule has 1 saturated heterocycles. The van der Waals surface area contributed by atoms with E-state index in [1.807, 2.05) is 48.5 Å². The summed E-state index contributed by atoms with van der Waals surface area (Å²) in [4.78, 5) is 17.2. The standard InChI is InChI=1S/C21H26N4O5S.C10H16O/c26-15-16-31(29,30)23-11-9-22(10-12-23)17-5-7-18(8-6-17)24-13-14-25(21(27)28)20-4-2-1-3-19(20)24;11-10-4-7-1-8(5-10)3-9(2-7)6-10/h1-8,26H,9-16H2,(H,27,28);7-9,11H,1-6H2. The number of fused-ring (bicyclic) bond motifs is 1. The van der Waals surface area contributed by atoms with E-state index in [0.717, 1.165) is 54.1 Å². The summed E-state index contributed by atoms with van der Waals surface area (Å²) in [5.41, 5.74) is 3.32. The van der Waals surface area contributed by atoms with E-state index in [2.05, 4.69) is 9.80 Å². The number of carboxylic acid groups (broad SMARTS) is 1. The van der Waals surface area contributed by atoms with Crippen LogP contribution in [0.2, 0.25) is 0 Å². The Morgan fingerprint density at radius 1 is 0.786 bits per heavy atom. The normalized spacial score (nSPS) is 28.7. The number of anilines is 4. The molecule has 228 valence electrons. The first-order chi connectivity index (χ1) is 20.1. The van der Waals surface area contributed by atoms with Crippen molar-refractivity contribution in [2.45, 2.75) is 44.1 Å². The van der Waals surface area contributed by atoms with Gasteiger partial charge in [-0.25, -0.2) is 13.2 Å². The van der Waals surface area contributed by atoms with Crippen LogP contribution in [-0.2, 0) is 10.0 Å². The fraction of sp³-hybridized carbons (Fsp3) is 0.581. The van der Waals surface area contributed by atoms with Crippen molar-refractivity contribution in [1.82, 2.24) is 4.31 Å². The van der Waals surface area contributed by atoms with E-state index >= 15 is 0 Å². The second-order valence-corrected chi connectivity index (χ2v) is 14.7. The van der Waals surface area contributed by atoms with Gasteiger partial charge in [0.15, 0.2) is 0 Å². The van der Waals surface area contributed by atoms with Crippen molar-refractivity contribution in [2.24, 2.45) is 17.8 Å². The van der Waals surface area contributed by atoms with Crippen LogP contribution in [0.3, 0.4) is 0 Å². The molecule has 4 saturated carbocycles. The van der Waals surface area contributed by atoms with Gasteiger partial charge in [0, 0.05) is 50.6 Å². The minimum absolute atomic E-state index is 0.200. The number of sulfonamides is 1. The Morgan fingerprint density at radius 3 is 1.86 bits per heavy atom. The number of aliphatic hydroxyl groups is 2. The molecule has 10 nitrogen and oxygen atoms in total. The van der Waals surface area contributed by atoms with Crippen LogP contribution < -0.4 is 14.7 Å². The molecular weight excluding hydrogens is 556 g/mol. The zero-order chi connectivity index (χ0) is 29.5. The van der Waals surface area contributed by atoms with Gasteiger partial charge in [-0.3, -0.25) is 4.90 Å². The summed E-state index contributed by atoms with van der Waals surface area (Å²) in [6.07, 6.45) is 6.71. The number of carbonyl (C=O) groups is 1. The lowest BCUT2D eigenvalue weighted by Gasteiger charge is -2.54. The molecule has 3 N–H and O–H groups in total. The first kappa shape index (κ1) is 29.2. The van der Waals surface area contributed by atoms with Gasteiger partial charge < -0.3 is 25.1 Å². The summed E-state index contributed by atoms with van der Waals surface area (Å²) >= 11 is 0. The fourth-order valence-corrected chi connectivity index (χ4v) is 9.41. The first-order valence-corrected chi connectivity index (χ1v) is 16.8. The third kappa shape index (κ3) is 5.97. The summed E-state index contributed by atoms with van der Waals surface area (Å²) in [5, 5.41) is 28.5. The SMILES string of the molecule is O=C(O)N1CCN(c2ccc(N3CCN(S(=O)(=O)CCO)CC3)cc2)c2ccccc21.OC12CC3CC(CC(C3)C1)C2. The smallest absolute Gasteiger partial charge is 0.411 e. The molecule has 2 heterocycles. The monoisotopic (exact) mass is 598 g/mol. The molecule has 11 heteroatoms. The largest absolute Gasteiger partial charge is 0.465 e.